The molecule has 1 aromatic heterocycles. The number of aromatic nitrogens is 1. The molecule has 1 heterocycles. The van der Waals surface area contributed by atoms with E-state index in [2.05, 4.69) is 4.98 Å². The zero-order chi connectivity index (χ0) is 9.68. The molecule has 0 saturated carbocycles. The quantitative estimate of drug-likeness (QED) is 0.538. The van der Waals surface area contributed by atoms with Gasteiger partial charge in [0.1, 0.15) is 17.3 Å². The molecule has 0 saturated heterocycles. The molecule has 0 aromatic carbocycles. The number of rotatable bonds is 4. The standard InChI is InChI=1S/C9H13N3O/c1-2-5-13-7-3-4-8(9(10)11)12-6-7/h3-4,6H,2,5H2,1H3,(H3,10,11). The van der Waals surface area contributed by atoms with Crippen LogP contribution in [0.5, 0.6) is 5.75 Å². The first kappa shape index (κ1) is 9.51. The molecule has 70 valence electrons. The van der Waals surface area contributed by atoms with Crippen LogP contribution < -0.4 is 10.5 Å². The highest BCUT2D eigenvalue weighted by atomic mass is 16.5. The number of ether oxygens (including phenoxy) is 1. The minimum absolute atomic E-state index is 0.0259. The number of nitrogen functional groups attached to an aromatic ring is 1. The molecule has 4 nitrogen and oxygen atoms in total. The smallest absolute Gasteiger partial charge is 0.141 e. The van der Waals surface area contributed by atoms with Gasteiger partial charge in [-0.05, 0) is 18.6 Å². The molecule has 0 aliphatic rings. The van der Waals surface area contributed by atoms with E-state index in [1.165, 1.54) is 0 Å². The molecule has 0 atom stereocenters. The Hall–Kier alpha value is -1.58. The molecule has 3 N–H and O–H groups in total. The maximum Gasteiger partial charge on any atom is 0.141 e. The number of nitrogens with zero attached hydrogens (tertiary/aromatic N) is 1. The van der Waals surface area contributed by atoms with Crippen molar-refractivity contribution in [3.05, 3.63) is 24.0 Å². The second-order valence-corrected chi connectivity index (χ2v) is 2.64. The van der Waals surface area contributed by atoms with Crippen LogP contribution in [0.25, 0.3) is 0 Å². The van der Waals surface area contributed by atoms with Crippen molar-refractivity contribution in [2.75, 3.05) is 6.61 Å². The van der Waals surface area contributed by atoms with Gasteiger partial charge < -0.3 is 10.5 Å². The highest BCUT2D eigenvalue weighted by molar-refractivity contribution is 5.92. The average Bonchev–Trinajstić information content (AvgIpc) is 2.15. The normalized spacial score (nSPS) is 9.62. The summed E-state index contributed by atoms with van der Waals surface area (Å²) in [5.41, 5.74) is 5.72. The van der Waals surface area contributed by atoms with Crippen LogP contribution in [0.2, 0.25) is 0 Å². The molecular formula is C9H13N3O. The van der Waals surface area contributed by atoms with Crippen molar-refractivity contribution in [1.29, 1.82) is 5.41 Å². The molecule has 13 heavy (non-hydrogen) atoms. The van der Waals surface area contributed by atoms with Crippen LogP contribution in [0.1, 0.15) is 19.0 Å². The van der Waals surface area contributed by atoms with Crippen molar-refractivity contribution in [3.63, 3.8) is 0 Å². The Morgan fingerprint density at radius 2 is 2.38 bits per heavy atom. The van der Waals surface area contributed by atoms with Crippen LogP contribution in [0.15, 0.2) is 18.3 Å². The predicted octanol–water partition coefficient (Wildman–Crippen LogP) is 1.15. The van der Waals surface area contributed by atoms with Gasteiger partial charge in [0.05, 0.1) is 12.8 Å². The Bertz CT molecular complexity index is 281. The lowest BCUT2D eigenvalue weighted by Crippen LogP contribution is -2.12. The van der Waals surface area contributed by atoms with Crippen molar-refractivity contribution >= 4 is 5.84 Å². The van der Waals surface area contributed by atoms with E-state index in [1.807, 2.05) is 6.92 Å². The molecular weight excluding hydrogens is 166 g/mol. The summed E-state index contributed by atoms with van der Waals surface area (Å²) in [5, 5.41) is 7.12. The molecule has 0 unspecified atom stereocenters. The van der Waals surface area contributed by atoms with Crippen LogP contribution in [0.3, 0.4) is 0 Å². The lowest BCUT2D eigenvalue weighted by Gasteiger charge is -2.03. The number of hydrogen-bond donors (Lipinski definition) is 2. The van der Waals surface area contributed by atoms with Crippen LogP contribution in [0, 0.1) is 5.41 Å². The van der Waals surface area contributed by atoms with Gasteiger partial charge in [0.2, 0.25) is 0 Å². The fourth-order valence-corrected chi connectivity index (χ4v) is 0.845. The zero-order valence-electron chi connectivity index (χ0n) is 7.58. The highest BCUT2D eigenvalue weighted by Crippen LogP contribution is 2.08. The van der Waals surface area contributed by atoms with Gasteiger partial charge in [-0.3, -0.25) is 5.41 Å². The van der Waals surface area contributed by atoms with Crippen molar-refractivity contribution < 1.29 is 4.74 Å². The van der Waals surface area contributed by atoms with Crippen molar-refractivity contribution in [2.45, 2.75) is 13.3 Å². The van der Waals surface area contributed by atoms with E-state index in [1.54, 1.807) is 18.3 Å². The van der Waals surface area contributed by atoms with Gasteiger partial charge in [0.15, 0.2) is 0 Å². The fourth-order valence-electron chi connectivity index (χ4n) is 0.845. The highest BCUT2D eigenvalue weighted by Gasteiger charge is 1.98. The summed E-state index contributed by atoms with van der Waals surface area (Å²) < 4.78 is 5.32. The SMILES string of the molecule is CCCOc1ccc(C(=N)N)nc1. The lowest BCUT2D eigenvalue weighted by atomic mass is 10.3. The van der Waals surface area contributed by atoms with E-state index in [4.69, 9.17) is 15.9 Å². The second kappa shape index (κ2) is 4.45. The Morgan fingerprint density at radius 3 is 2.85 bits per heavy atom. The van der Waals surface area contributed by atoms with E-state index < -0.39 is 0 Å². The van der Waals surface area contributed by atoms with Crippen molar-refractivity contribution in [1.82, 2.24) is 4.98 Å². The number of nitrogens with two attached hydrogens (primary N) is 1. The molecule has 4 heteroatoms. The lowest BCUT2D eigenvalue weighted by molar-refractivity contribution is 0.316. The summed E-state index contributed by atoms with van der Waals surface area (Å²) in [4.78, 5) is 3.96. The first-order chi connectivity index (χ1) is 6.24. The summed E-state index contributed by atoms with van der Waals surface area (Å²) in [5.74, 6) is 0.689. The Balaban J connectivity index is 2.64. The van der Waals surface area contributed by atoms with E-state index in [9.17, 15) is 0 Å². The summed E-state index contributed by atoms with van der Waals surface area (Å²) in [6.45, 7) is 2.72. The van der Waals surface area contributed by atoms with Crippen molar-refractivity contribution in [3.8, 4) is 5.75 Å². The largest absolute Gasteiger partial charge is 0.492 e. The van der Waals surface area contributed by atoms with Crippen molar-refractivity contribution in [2.24, 2.45) is 5.73 Å². The first-order valence-electron chi connectivity index (χ1n) is 4.17. The zero-order valence-corrected chi connectivity index (χ0v) is 7.58. The third-order valence-electron chi connectivity index (χ3n) is 1.49. The van der Waals surface area contributed by atoms with E-state index in [0.717, 1.165) is 6.42 Å². The molecule has 0 aliphatic heterocycles. The molecule has 0 bridgehead atoms. The maximum absolute atomic E-state index is 7.12. The Kier molecular flexibility index (Phi) is 3.25. The number of hydrogen-bond acceptors (Lipinski definition) is 3. The molecule has 0 amide bonds. The Labute approximate surface area is 77.2 Å². The van der Waals surface area contributed by atoms with E-state index in [0.29, 0.717) is 18.1 Å². The number of pyridine rings is 1. The van der Waals surface area contributed by atoms with Gasteiger partial charge in [-0.25, -0.2) is 4.98 Å². The average molecular weight is 179 g/mol. The monoisotopic (exact) mass is 179 g/mol. The number of nitrogens with one attached hydrogen (secondary N) is 1. The maximum atomic E-state index is 7.12. The molecule has 0 fully saturated rings. The van der Waals surface area contributed by atoms with E-state index in [-0.39, 0.29) is 5.84 Å². The van der Waals surface area contributed by atoms with E-state index >= 15 is 0 Å². The molecule has 0 radical (unpaired) electrons. The first-order valence-corrected chi connectivity index (χ1v) is 4.17. The minimum Gasteiger partial charge on any atom is -0.492 e. The molecule has 0 aliphatic carbocycles. The van der Waals surface area contributed by atoms with Gasteiger partial charge in [-0.2, -0.15) is 0 Å². The summed E-state index contributed by atoms with van der Waals surface area (Å²) in [7, 11) is 0. The molecule has 1 rings (SSSR count). The Morgan fingerprint density at radius 1 is 1.62 bits per heavy atom. The summed E-state index contributed by atoms with van der Waals surface area (Å²) in [6.07, 6.45) is 2.54. The van der Waals surface area contributed by atoms with Gasteiger partial charge >= 0.3 is 0 Å². The van der Waals surface area contributed by atoms with Gasteiger partial charge in [0.25, 0.3) is 0 Å². The number of amidine groups is 1. The van der Waals surface area contributed by atoms with Crippen LogP contribution in [-0.2, 0) is 0 Å². The second-order valence-electron chi connectivity index (χ2n) is 2.64. The van der Waals surface area contributed by atoms with Crippen LogP contribution in [0.4, 0.5) is 0 Å². The van der Waals surface area contributed by atoms with Crippen LogP contribution >= 0.6 is 0 Å². The van der Waals surface area contributed by atoms with Gasteiger partial charge in [-0.1, -0.05) is 6.92 Å². The predicted molar refractivity (Wildman–Crippen MR) is 51.0 cm³/mol. The van der Waals surface area contributed by atoms with Crippen LogP contribution in [-0.4, -0.2) is 17.4 Å². The summed E-state index contributed by atoms with van der Waals surface area (Å²) in [6, 6.07) is 3.44. The minimum atomic E-state index is -0.0259. The fraction of sp³-hybridized carbons (Fsp3) is 0.333. The van der Waals surface area contributed by atoms with Gasteiger partial charge in [-0.15, -0.1) is 0 Å². The third kappa shape index (κ3) is 2.74. The van der Waals surface area contributed by atoms with Gasteiger partial charge in [0, 0.05) is 0 Å². The molecule has 0 spiro atoms. The molecule has 1 aromatic rings. The third-order valence-corrected chi connectivity index (χ3v) is 1.49. The topological polar surface area (TPSA) is 72.0 Å². The summed E-state index contributed by atoms with van der Waals surface area (Å²) >= 11 is 0.